The number of rotatable bonds is 9. The van der Waals surface area contributed by atoms with Gasteiger partial charge in [-0.3, -0.25) is 0 Å². The highest BCUT2D eigenvalue weighted by Gasteiger charge is 2.35. The SMILES string of the molecule is CCNC(=NCc1ccc(OC(C)C)cc1C(F)(F)F)NCC1(CCO)CCOC1.I. The summed E-state index contributed by atoms with van der Waals surface area (Å²) in [5, 5.41) is 15.6. The Hall–Kier alpha value is -1.27. The predicted octanol–water partition coefficient (Wildman–Crippen LogP) is 3.95. The smallest absolute Gasteiger partial charge is 0.416 e. The van der Waals surface area contributed by atoms with Crippen LogP contribution in [0.3, 0.4) is 0 Å². The zero-order valence-electron chi connectivity index (χ0n) is 18.2. The molecule has 3 N–H and O–H groups in total. The van der Waals surface area contributed by atoms with Crippen molar-refractivity contribution in [1.82, 2.24) is 10.6 Å². The van der Waals surface area contributed by atoms with Crippen LogP contribution in [0.15, 0.2) is 23.2 Å². The summed E-state index contributed by atoms with van der Waals surface area (Å²) in [6.07, 6.45) is -3.31. The number of guanidine groups is 1. The molecule has 0 amide bonds. The van der Waals surface area contributed by atoms with E-state index >= 15 is 0 Å². The maximum Gasteiger partial charge on any atom is 0.416 e. The molecule has 6 nitrogen and oxygen atoms in total. The molecular weight excluding hydrogens is 526 g/mol. The van der Waals surface area contributed by atoms with Crippen molar-refractivity contribution in [1.29, 1.82) is 0 Å². The molecule has 0 saturated carbocycles. The lowest BCUT2D eigenvalue weighted by Crippen LogP contribution is -2.44. The summed E-state index contributed by atoms with van der Waals surface area (Å²) in [7, 11) is 0. The predicted molar refractivity (Wildman–Crippen MR) is 125 cm³/mol. The van der Waals surface area contributed by atoms with E-state index in [2.05, 4.69) is 15.6 Å². The first-order valence-corrected chi connectivity index (χ1v) is 10.3. The third-order valence-corrected chi connectivity index (χ3v) is 4.97. The van der Waals surface area contributed by atoms with Gasteiger partial charge in [0.15, 0.2) is 5.96 Å². The van der Waals surface area contributed by atoms with Gasteiger partial charge in [0.25, 0.3) is 0 Å². The van der Waals surface area contributed by atoms with E-state index < -0.39 is 11.7 Å². The molecule has 0 spiro atoms. The van der Waals surface area contributed by atoms with E-state index in [1.54, 1.807) is 13.8 Å². The van der Waals surface area contributed by atoms with Crippen molar-refractivity contribution in [3.8, 4) is 5.75 Å². The van der Waals surface area contributed by atoms with Gasteiger partial charge in [0.05, 0.1) is 24.8 Å². The first kappa shape index (κ1) is 27.8. The maximum atomic E-state index is 13.6. The lowest BCUT2D eigenvalue weighted by molar-refractivity contribution is -0.138. The summed E-state index contributed by atoms with van der Waals surface area (Å²) in [6, 6.07) is 3.97. The Labute approximate surface area is 199 Å². The second-order valence-electron chi connectivity index (χ2n) is 7.81. The van der Waals surface area contributed by atoms with Crippen LogP contribution in [0.1, 0.15) is 44.7 Å². The molecule has 10 heteroatoms. The second-order valence-corrected chi connectivity index (χ2v) is 7.81. The Balaban J connectivity index is 0.00000480. The zero-order chi connectivity index (χ0) is 22.2. The number of benzene rings is 1. The number of halogens is 4. The van der Waals surface area contributed by atoms with Crippen LogP contribution in [0.5, 0.6) is 5.75 Å². The molecule has 0 radical (unpaired) electrons. The molecule has 1 aromatic carbocycles. The lowest BCUT2D eigenvalue weighted by Gasteiger charge is -2.27. The van der Waals surface area contributed by atoms with Gasteiger partial charge >= 0.3 is 6.18 Å². The minimum absolute atomic E-state index is 0. The van der Waals surface area contributed by atoms with Crippen LogP contribution < -0.4 is 15.4 Å². The summed E-state index contributed by atoms with van der Waals surface area (Å²) in [4.78, 5) is 4.35. The van der Waals surface area contributed by atoms with Crippen LogP contribution in [0, 0.1) is 5.41 Å². The summed E-state index contributed by atoms with van der Waals surface area (Å²) < 4.78 is 51.5. The molecule has 1 fully saturated rings. The van der Waals surface area contributed by atoms with Crippen LogP contribution in [0.2, 0.25) is 0 Å². The molecule has 1 atom stereocenters. The first-order chi connectivity index (χ1) is 14.2. The van der Waals surface area contributed by atoms with E-state index in [-0.39, 0.29) is 60.0 Å². The molecule has 0 aromatic heterocycles. The summed E-state index contributed by atoms with van der Waals surface area (Å²) in [5.74, 6) is 0.611. The average Bonchev–Trinajstić information content (AvgIpc) is 3.12. The fourth-order valence-electron chi connectivity index (χ4n) is 3.39. The number of aliphatic hydroxyl groups is 1. The molecule has 1 heterocycles. The highest BCUT2D eigenvalue weighted by Crippen LogP contribution is 2.35. The molecule has 1 saturated heterocycles. The number of hydrogen-bond donors (Lipinski definition) is 3. The van der Waals surface area contributed by atoms with E-state index in [9.17, 15) is 18.3 Å². The average molecular weight is 559 g/mol. The standard InChI is InChI=1S/C21H32F3N3O3.HI/c1-4-25-19(27-13-20(7-9-28)8-10-29-14-20)26-12-16-5-6-17(30-15(2)3)11-18(16)21(22,23)24;/h5-6,11,15,28H,4,7-10,12-14H2,1-3H3,(H2,25,26,27);1H. The number of aliphatic hydroxyl groups excluding tert-OH is 1. The van der Waals surface area contributed by atoms with Crippen molar-refractivity contribution >= 4 is 29.9 Å². The van der Waals surface area contributed by atoms with Gasteiger partial charge in [-0.05, 0) is 51.3 Å². The summed E-state index contributed by atoms with van der Waals surface area (Å²) in [5.41, 5.74) is -0.871. The zero-order valence-corrected chi connectivity index (χ0v) is 20.5. The first-order valence-electron chi connectivity index (χ1n) is 10.3. The lowest BCUT2D eigenvalue weighted by atomic mass is 9.84. The van der Waals surface area contributed by atoms with Crippen LogP contribution in [0.25, 0.3) is 0 Å². The largest absolute Gasteiger partial charge is 0.491 e. The van der Waals surface area contributed by atoms with Crippen molar-refractivity contribution in [2.24, 2.45) is 10.4 Å². The number of alkyl halides is 3. The van der Waals surface area contributed by atoms with Crippen LogP contribution >= 0.6 is 24.0 Å². The Morgan fingerprint density at radius 3 is 2.61 bits per heavy atom. The molecule has 1 aromatic rings. The van der Waals surface area contributed by atoms with Crippen molar-refractivity contribution in [2.45, 2.75) is 52.4 Å². The molecule has 2 rings (SSSR count). The summed E-state index contributed by atoms with van der Waals surface area (Å²) in [6.45, 7) is 7.60. The topological polar surface area (TPSA) is 75.1 Å². The number of ether oxygens (including phenoxy) is 2. The Kier molecular flexibility index (Phi) is 11.4. The van der Waals surface area contributed by atoms with E-state index in [0.29, 0.717) is 38.7 Å². The molecule has 1 unspecified atom stereocenters. The monoisotopic (exact) mass is 559 g/mol. The fraction of sp³-hybridized carbons (Fsp3) is 0.667. The minimum Gasteiger partial charge on any atom is -0.491 e. The second kappa shape index (κ2) is 12.7. The Morgan fingerprint density at radius 1 is 1.32 bits per heavy atom. The van der Waals surface area contributed by atoms with Crippen molar-refractivity contribution < 1.29 is 27.8 Å². The van der Waals surface area contributed by atoms with Gasteiger partial charge in [-0.1, -0.05) is 6.07 Å². The van der Waals surface area contributed by atoms with Crippen molar-refractivity contribution in [3.63, 3.8) is 0 Å². The highest BCUT2D eigenvalue weighted by molar-refractivity contribution is 14.0. The van der Waals surface area contributed by atoms with Crippen LogP contribution in [-0.4, -0.2) is 50.1 Å². The van der Waals surface area contributed by atoms with Gasteiger partial charge < -0.3 is 25.2 Å². The van der Waals surface area contributed by atoms with E-state index in [0.717, 1.165) is 12.5 Å². The molecule has 1 aliphatic rings. The molecule has 0 bridgehead atoms. The van der Waals surface area contributed by atoms with E-state index in [4.69, 9.17) is 9.47 Å². The molecular formula is C21H33F3IN3O3. The fourth-order valence-corrected chi connectivity index (χ4v) is 3.39. The number of hydrogen-bond acceptors (Lipinski definition) is 4. The highest BCUT2D eigenvalue weighted by atomic mass is 127. The quantitative estimate of drug-likeness (QED) is 0.243. The Bertz CT molecular complexity index is 709. The van der Waals surface area contributed by atoms with E-state index in [1.807, 2.05) is 6.92 Å². The van der Waals surface area contributed by atoms with Crippen LogP contribution in [-0.2, 0) is 17.5 Å². The third-order valence-electron chi connectivity index (χ3n) is 4.97. The molecule has 1 aliphatic heterocycles. The van der Waals surface area contributed by atoms with Crippen molar-refractivity contribution in [2.75, 3.05) is 32.9 Å². The molecule has 178 valence electrons. The minimum atomic E-state index is -4.50. The Morgan fingerprint density at radius 2 is 2.06 bits per heavy atom. The number of nitrogens with zero attached hydrogens (tertiary/aromatic N) is 1. The van der Waals surface area contributed by atoms with Crippen LogP contribution in [0.4, 0.5) is 13.2 Å². The molecule has 0 aliphatic carbocycles. The van der Waals surface area contributed by atoms with Gasteiger partial charge in [-0.2, -0.15) is 13.2 Å². The van der Waals surface area contributed by atoms with Crippen molar-refractivity contribution in [3.05, 3.63) is 29.3 Å². The van der Waals surface area contributed by atoms with Gasteiger partial charge in [0.1, 0.15) is 5.75 Å². The van der Waals surface area contributed by atoms with Gasteiger partial charge in [-0.25, -0.2) is 4.99 Å². The number of nitrogens with one attached hydrogen (secondary N) is 2. The van der Waals surface area contributed by atoms with E-state index in [1.165, 1.54) is 12.1 Å². The van der Waals surface area contributed by atoms with Gasteiger partial charge in [-0.15, -0.1) is 24.0 Å². The maximum absolute atomic E-state index is 13.6. The molecule has 31 heavy (non-hydrogen) atoms. The normalized spacial score (nSPS) is 19.3. The third kappa shape index (κ3) is 8.64. The van der Waals surface area contributed by atoms with Gasteiger partial charge in [0.2, 0.25) is 0 Å². The van der Waals surface area contributed by atoms with Gasteiger partial charge in [0, 0.05) is 31.7 Å². The summed E-state index contributed by atoms with van der Waals surface area (Å²) >= 11 is 0. The number of aliphatic imine (C=N–C) groups is 1.